The van der Waals surface area contributed by atoms with Crippen molar-refractivity contribution in [2.24, 2.45) is 12.8 Å². The lowest BCUT2D eigenvalue weighted by atomic mass is 10.2. The molecule has 2 rings (SSSR count). The first-order valence-electron chi connectivity index (χ1n) is 6.21. The summed E-state index contributed by atoms with van der Waals surface area (Å²) in [6.07, 6.45) is 3.74. The smallest absolute Gasteiger partial charge is 0.0945 e. The van der Waals surface area contributed by atoms with Gasteiger partial charge in [0, 0.05) is 39.4 Å². The first kappa shape index (κ1) is 15.7. The third kappa shape index (κ3) is 4.67. The molecule has 0 radical (unpaired) electrons. The van der Waals surface area contributed by atoms with Crippen LogP contribution in [-0.2, 0) is 20.1 Å². The zero-order valence-electron chi connectivity index (χ0n) is 11.2. The lowest BCUT2D eigenvalue weighted by Gasteiger charge is -2.21. The van der Waals surface area contributed by atoms with E-state index in [-0.39, 0.29) is 12.4 Å². The minimum absolute atomic E-state index is 0. The molecule has 4 nitrogen and oxygen atoms in total. The second-order valence-corrected chi connectivity index (χ2v) is 4.48. The fourth-order valence-corrected chi connectivity index (χ4v) is 2.00. The Balaban J connectivity index is 0.00000180. The van der Waals surface area contributed by atoms with Crippen LogP contribution >= 0.6 is 12.4 Å². The van der Waals surface area contributed by atoms with Crippen molar-refractivity contribution in [3.63, 3.8) is 0 Å². The molecule has 1 aromatic carbocycles. The molecule has 5 heteroatoms. The summed E-state index contributed by atoms with van der Waals surface area (Å²) in [5.74, 6) is 0. The van der Waals surface area contributed by atoms with Gasteiger partial charge in [0.2, 0.25) is 0 Å². The van der Waals surface area contributed by atoms with Crippen LogP contribution < -0.4 is 5.73 Å². The van der Waals surface area contributed by atoms with E-state index in [1.165, 1.54) is 11.3 Å². The second kappa shape index (κ2) is 7.94. The highest BCUT2D eigenvalue weighted by atomic mass is 35.5. The molecule has 1 aromatic heterocycles. The third-order valence-corrected chi connectivity index (χ3v) is 3.00. The molecule has 0 aliphatic heterocycles. The molecule has 0 spiro atoms. The van der Waals surface area contributed by atoms with E-state index in [0.717, 1.165) is 19.6 Å². The molecular formula is C14H21ClN4. The number of rotatable bonds is 6. The Kier molecular flexibility index (Phi) is 6.56. The van der Waals surface area contributed by atoms with Crippen LogP contribution in [0.5, 0.6) is 0 Å². The van der Waals surface area contributed by atoms with Gasteiger partial charge in [-0.1, -0.05) is 30.3 Å². The van der Waals surface area contributed by atoms with E-state index in [0.29, 0.717) is 6.54 Å². The molecule has 1 heterocycles. The average Bonchev–Trinajstić information content (AvgIpc) is 2.77. The van der Waals surface area contributed by atoms with E-state index in [1.807, 2.05) is 25.6 Å². The highest BCUT2D eigenvalue weighted by Crippen LogP contribution is 2.08. The van der Waals surface area contributed by atoms with Gasteiger partial charge in [0.1, 0.15) is 0 Å². The number of aromatic nitrogens is 2. The van der Waals surface area contributed by atoms with Crippen molar-refractivity contribution in [1.82, 2.24) is 14.5 Å². The van der Waals surface area contributed by atoms with Gasteiger partial charge >= 0.3 is 0 Å². The van der Waals surface area contributed by atoms with Crippen LogP contribution in [0.25, 0.3) is 0 Å². The molecule has 19 heavy (non-hydrogen) atoms. The van der Waals surface area contributed by atoms with Crippen LogP contribution in [0.3, 0.4) is 0 Å². The fraction of sp³-hybridized carbons (Fsp3) is 0.357. The van der Waals surface area contributed by atoms with Crippen LogP contribution in [0.1, 0.15) is 11.3 Å². The van der Waals surface area contributed by atoms with Gasteiger partial charge in [0.15, 0.2) is 0 Å². The summed E-state index contributed by atoms with van der Waals surface area (Å²) in [6.45, 7) is 3.36. The summed E-state index contributed by atoms with van der Waals surface area (Å²) in [5, 5.41) is 0. The van der Waals surface area contributed by atoms with E-state index in [2.05, 4.69) is 38.7 Å². The van der Waals surface area contributed by atoms with Gasteiger partial charge in [-0.15, -0.1) is 12.4 Å². The summed E-state index contributed by atoms with van der Waals surface area (Å²) < 4.78 is 2.05. The van der Waals surface area contributed by atoms with Gasteiger partial charge < -0.3 is 10.3 Å². The van der Waals surface area contributed by atoms with Crippen molar-refractivity contribution in [3.05, 3.63) is 54.1 Å². The summed E-state index contributed by atoms with van der Waals surface area (Å²) in [4.78, 5) is 6.49. The molecule has 2 N–H and O–H groups in total. The SMILES string of the molecule is Cl.Cn1cncc1CN(CCN)Cc1ccccc1. The molecule has 0 saturated carbocycles. The van der Waals surface area contributed by atoms with E-state index < -0.39 is 0 Å². The quantitative estimate of drug-likeness (QED) is 0.878. The monoisotopic (exact) mass is 280 g/mol. The molecule has 0 aliphatic carbocycles. The number of hydrogen-bond acceptors (Lipinski definition) is 3. The van der Waals surface area contributed by atoms with Crippen molar-refractivity contribution in [2.75, 3.05) is 13.1 Å². The molecule has 0 bridgehead atoms. The molecule has 0 aliphatic rings. The normalized spacial score (nSPS) is 10.5. The summed E-state index contributed by atoms with van der Waals surface area (Å²) in [5.41, 5.74) is 8.21. The van der Waals surface area contributed by atoms with Crippen molar-refractivity contribution >= 4 is 12.4 Å². The van der Waals surface area contributed by atoms with Gasteiger partial charge in [0.05, 0.1) is 12.0 Å². The highest BCUT2D eigenvalue weighted by molar-refractivity contribution is 5.85. The third-order valence-electron chi connectivity index (χ3n) is 3.00. The molecule has 2 aromatic rings. The molecular weight excluding hydrogens is 260 g/mol. The number of aryl methyl sites for hydroxylation is 1. The lowest BCUT2D eigenvalue weighted by Crippen LogP contribution is -2.29. The summed E-state index contributed by atoms with van der Waals surface area (Å²) >= 11 is 0. The molecule has 0 unspecified atom stereocenters. The largest absolute Gasteiger partial charge is 0.337 e. The predicted octanol–water partition coefficient (Wildman–Crippen LogP) is 1.80. The zero-order valence-corrected chi connectivity index (χ0v) is 12.0. The Hall–Kier alpha value is -1.36. The Morgan fingerprint density at radius 3 is 2.53 bits per heavy atom. The standard InChI is InChI=1S/C14H20N4.ClH/c1-17-12-16-9-14(17)11-18(8-7-15)10-13-5-3-2-4-6-13;/h2-6,9,12H,7-8,10-11,15H2,1H3;1H. The van der Waals surface area contributed by atoms with Crippen molar-refractivity contribution in [2.45, 2.75) is 13.1 Å². The maximum Gasteiger partial charge on any atom is 0.0945 e. The highest BCUT2D eigenvalue weighted by Gasteiger charge is 2.08. The van der Waals surface area contributed by atoms with Crippen LogP contribution in [0, 0.1) is 0 Å². The Labute approximate surface area is 120 Å². The average molecular weight is 281 g/mol. The summed E-state index contributed by atoms with van der Waals surface area (Å²) in [7, 11) is 2.02. The molecule has 0 amide bonds. The number of benzene rings is 1. The van der Waals surface area contributed by atoms with Gasteiger partial charge in [-0.05, 0) is 5.56 Å². The number of imidazole rings is 1. The first-order valence-corrected chi connectivity index (χ1v) is 6.21. The van der Waals surface area contributed by atoms with E-state index in [1.54, 1.807) is 0 Å². The second-order valence-electron chi connectivity index (χ2n) is 4.48. The van der Waals surface area contributed by atoms with Crippen LogP contribution in [0.2, 0.25) is 0 Å². The van der Waals surface area contributed by atoms with Gasteiger partial charge in [-0.25, -0.2) is 4.98 Å². The number of halogens is 1. The van der Waals surface area contributed by atoms with E-state index in [9.17, 15) is 0 Å². The molecule has 0 atom stereocenters. The van der Waals surface area contributed by atoms with Crippen LogP contribution in [0.15, 0.2) is 42.9 Å². The van der Waals surface area contributed by atoms with E-state index >= 15 is 0 Å². The van der Waals surface area contributed by atoms with Gasteiger partial charge in [-0.2, -0.15) is 0 Å². The van der Waals surface area contributed by atoms with Crippen molar-refractivity contribution in [1.29, 1.82) is 0 Å². The lowest BCUT2D eigenvalue weighted by molar-refractivity contribution is 0.258. The Bertz CT molecular complexity index is 469. The van der Waals surface area contributed by atoms with Crippen LogP contribution in [-0.4, -0.2) is 27.5 Å². The Morgan fingerprint density at radius 1 is 1.21 bits per heavy atom. The van der Waals surface area contributed by atoms with Crippen LogP contribution in [0.4, 0.5) is 0 Å². The molecule has 0 saturated heterocycles. The Morgan fingerprint density at radius 2 is 1.95 bits per heavy atom. The number of nitrogens with two attached hydrogens (primary N) is 1. The topological polar surface area (TPSA) is 47.1 Å². The molecule has 0 fully saturated rings. The number of hydrogen-bond donors (Lipinski definition) is 1. The fourth-order valence-electron chi connectivity index (χ4n) is 2.00. The van der Waals surface area contributed by atoms with E-state index in [4.69, 9.17) is 5.73 Å². The first-order chi connectivity index (χ1) is 8.79. The maximum atomic E-state index is 5.69. The maximum absolute atomic E-state index is 5.69. The van der Waals surface area contributed by atoms with Crippen molar-refractivity contribution in [3.8, 4) is 0 Å². The minimum Gasteiger partial charge on any atom is -0.337 e. The zero-order chi connectivity index (χ0) is 12.8. The minimum atomic E-state index is 0. The predicted molar refractivity (Wildman–Crippen MR) is 80.1 cm³/mol. The van der Waals surface area contributed by atoms with Crippen molar-refractivity contribution < 1.29 is 0 Å². The van der Waals surface area contributed by atoms with Gasteiger partial charge in [0.25, 0.3) is 0 Å². The van der Waals surface area contributed by atoms with Gasteiger partial charge in [-0.3, -0.25) is 4.90 Å². The summed E-state index contributed by atoms with van der Waals surface area (Å²) in [6, 6.07) is 10.5. The number of nitrogens with zero attached hydrogens (tertiary/aromatic N) is 3. The molecule has 104 valence electrons.